The number of amides is 1. The molecule has 0 aromatic heterocycles. The Hall–Kier alpha value is -1.38. The van der Waals surface area contributed by atoms with Gasteiger partial charge >= 0.3 is 0 Å². The monoisotopic (exact) mass is 436 g/mol. The second-order valence-electron chi connectivity index (χ2n) is 9.52. The van der Waals surface area contributed by atoms with Gasteiger partial charge in [-0.3, -0.25) is 19.6 Å². The number of morpholine rings is 1. The fraction of sp³-hybridized carbons (Fsp3) is 0.913. The molecule has 1 unspecified atom stereocenters. The molecule has 0 radical (unpaired) electrons. The first-order valence-electron chi connectivity index (χ1n) is 12.3. The quantitative estimate of drug-likeness (QED) is 0.338. The summed E-state index contributed by atoms with van der Waals surface area (Å²) in [7, 11) is 5.56. The van der Waals surface area contributed by atoms with Crippen LogP contribution in [0, 0.1) is 0 Å². The average molecular weight is 437 g/mol. The summed E-state index contributed by atoms with van der Waals surface area (Å²) in [6.07, 6.45) is 9.60. The smallest absolute Gasteiger partial charge is 0.239 e. The summed E-state index contributed by atoms with van der Waals surface area (Å²) in [6, 6.07) is 0.0621. The van der Waals surface area contributed by atoms with E-state index in [4.69, 9.17) is 4.74 Å². The lowest BCUT2D eigenvalue weighted by Crippen LogP contribution is -2.60. The maximum absolute atomic E-state index is 12.4. The van der Waals surface area contributed by atoms with Crippen LogP contribution in [0.4, 0.5) is 0 Å². The number of guanidine groups is 1. The van der Waals surface area contributed by atoms with Crippen molar-refractivity contribution in [3.8, 4) is 0 Å². The molecule has 0 spiro atoms. The third-order valence-electron chi connectivity index (χ3n) is 7.28. The Kier molecular flexibility index (Phi) is 9.41. The molecule has 8 nitrogen and oxygen atoms in total. The summed E-state index contributed by atoms with van der Waals surface area (Å²) < 4.78 is 5.60. The van der Waals surface area contributed by atoms with E-state index in [9.17, 15) is 4.79 Å². The van der Waals surface area contributed by atoms with E-state index in [1.165, 1.54) is 32.1 Å². The number of nitrogens with one attached hydrogen (secondary N) is 2. The van der Waals surface area contributed by atoms with Crippen molar-refractivity contribution in [3.05, 3.63) is 0 Å². The molecule has 178 valence electrons. The zero-order valence-electron chi connectivity index (χ0n) is 20.0. The number of nitrogens with zero attached hydrogens (tertiary/aromatic N) is 4. The highest BCUT2D eigenvalue weighted by Gasteiger charge is 2.38. The number of rotatable bonds is 8. The fourth-order valence-electron chi connectivity index (χ4n) is 5.48. The first-order chi connectivity index (χ1) is 15.1. The lowest BCUT2D eigenvalue weighted by atomic mass is 9.80. The minimum atomic E-state index is 0.0621. The summed E-state index contributed by atoms with van der Waals surface area (Å²) >= 11 is 0. The lowest BCUT2D eigenvalue weighted by Gasteiger charge is -2.48. The molecule has 1 aliphatic carbocycles. The van der Waals surface area contributed by atoms with Gasteiger partial charge in [-0.05, 0) is 38.6 Å². The molecule has 2 saturated heterocycles. The zero-order chi connectivity index (χ0) is 22.1. The predicted molar refractivity (Wildman–Crippen MR) is 125 cm³/mol. The highest BCUT2D eigenvalue weighted by molar-refractivity contribution is 5.81. The molecule has 2 heterocycles. The van der Waals surface area contributed by atoms with Crippen molar-refractivity contribution in [1.29, 1.82) is 0 Å². The van der Waals surface area contributed by atoms with Crippen LogP contribution in [0.15, 0.2) is 4.99 Å². The standard InChI is InChI=1S/C23H44N6O2/c1-24-22(25-12-8-14-28-13-7-9-20(28)21(30)27(2)3)26-19-23(10-5-4-6-11-23)29-15-17-31-18-16-29/h20H,4-19H2,1-3H3,(H2,24,25,26). The van der Waals surface area contributed by atoms with Gasteiger partial charge < -0.3 is 20.3 Å². The van der Waals surface area contributed by atoms with Crippen molar-refractivity contribution in [1.82, 2.24) is 25.3 Å². The van der Waals surface area contributed by atoms with Crippen LogP contribution in [0.3, 0.4) is 0 Å². The van der Waals surface area contributed by atoms with Crippen molar-refractivity contribution in [2.75, 3.05) is 73.6 Å². The summed E-state index contributed by atoms with van der Waals surface area (Å²) in [5.41, 5.74) is 0.231. The van der Waals surface area contributed by atoms with E-state index >= 15 is 0 Å². The number of likely N-dealkylation sites (N-methyl/N-ethyl adjacent to an activating group) is 1. The number of carbonyl (C=O) groups excluding carboxylic acids is 1. The van der Waals surface area contributed by atoms with Crippen LogP contribution in [0.5, 0.6) is 0 Å². The van der Waals surface area contributed by atoms with E-state index in [0.717, 1.165) is 77.7 Å². The van der Waals surface area contributed by atoms with E-state index in [1.54, 1.807) is 4.90 Å². The third kappa shape index (κ3) is 6.56. The van der Waals surface area contributed by atoms with Gasteiger partial charge in [-0.25, -0.2) is 0 Å². The normalized spacial score (nSPS) is 25.4. The second-order valence-corrected chi connectivity index (χ2v) is 9.52. The molecule has 0 bridgehead atoms. The van der Waals surface area contributed by atoms with Crippen LogP contribution in [-0.4, -0.2) is 112 Å². The van der Waals surface area contributed by atoms with Crippen LogP contribution in [-0.2, 0) is 9.53 Å². The van der Waals surface area contributed by atoms with Crippen LogP contribution in [0.2, 0.25) is 0 Å². The lowest BCUT2D eigenvalue weighted by molar-refractivity contribution is -0.133. The largest absolute Gasteiger partial charge is 0.379 e. The summed E-state index contributed by atoms with van der Waals surface area (Å²) in [6.45, 7) is 7.56. The van der Waals surface area contributed by atoms with Crippen molar-refractivity contribution < 1.29 is 9.53 Å². The van der Waals surface area contributed by atoms with Gasteiger partial charge in [-0.2, -0.15) is 0 Å². The van der Waals surface area contributed by atoms with E-state index in [-0.39, 0.29) is 17.5 Å². The van der Waals surface area contributed by atoms with Crippen molar-refractivity contribution in [2.24, 2.45) is 4.99 Å². The molecule has 1 saturated carbocycles. The molecule has 8 heteroatoms. The van der Waals surface area contributed by atoms with Gasteiger partial charge in [-0.1, -0.05) is 19.3 Å². The molecule has 1 amide bonds. The van der Waals surface area contributed by atoms with E-state index in [2.05, 4.69) is 25.4 Å². The molecule has 3 rings (SSSR count). The first kappa shape index (κ1) is 24.3. The molecule has 2 aliphatic heterocycles. The Bertz CT molecular complexity index is 585. The Balaban J connectivity index is 1.43. The van der Waals surface area contributed by atoms with Gasteiger partial charge in [0.15, 0.2) is 5.96 Å². The third-order valence-corrected chi connectivity index (χ3v) is 7.28. The number of carbonyl (C=O) groups is 1. The molecule has 2 N–H and O–H groups in total. The molecule has 0 aromatic carbocycles. The first-order valence-corrected chi connectivity index (χ1v) is 12.3. The van der Waals surface area contributed by atoms with Crippen LogP contribution < -0.4 is 10.6 Å². The number of hydrogen-bond acceptors (Lipinski definition) is 5. The van der Waals surface area contributed by atoms with E-state index in [1.807, 2.05) is 21.1 Å². The summed E-state index contributed by atoms with van der Waals surface area (Å²) in [5.74, 6) is 1.13. The summed E-state index contributed by atoms with van der Waals surface area (Å²) in [5, 5.41) is 7.12. The van der Waals surface area contributed by atoms with Crippen LogP contribution in [0.25, 0.3) is 0 Å². The van der Waals surface area contributed by atoms with Crippen LogP contribution in [0.1, 0.15) is 51.4 Å². The summed E-state index contributed by atoms with van der Waals surface area (Å²) in [4.78, 5) is 23.6. The van der Waals surface area contributed by atoms with E-state index < -0.39 is 0 Å². The Morgan fingerprint density at radius 1 is 1.10 bits per heavy atom. The maximum Gasteiger partial charge on any atom is 0.239 e. The minimum Gasteiger partial charge on any atom is -0.379 e. The number of likely N-dealkylation sites (tertiary alicyclic amines) is 1. The molecule has 3 fully saturated rings. The maximum atomic E-state index is 12.4. The van der Waals surface area contributed by atoms with Crippen molar-refractivity contribution in [2.45, 2.75) is 62.9 Å². The van der Waals surface area contributed by atoms with Gasteiger partial charge in [0.1, 0.15) is 0 Å². The molecular formula is C23H44N6O2. The van der Waals surface area contributed by atoms with Crippen molar-refractivity contribution in [3.63, 3.8) is 0 Å². The van der Waals surface area contributed by atoms with Gasteiger partial charge in [0, 0.05) is 59.4 Å². The second kappa shape index (κ2) is 12.0. The van der Waals surface area contributed by atoms with Gasteiger partial charge in [-0.15, -0.1) is 0 Å². The molecular weight excluding hydrogens is 392 g/mol. The van der Waals surface area contributed by atoms with Gasteiger partial charge in [0.25, 0.3) is 0 Å². The highest BCUT2D eigenvalue weighted by Crippen LogP contribution is 2.33. The molecule has 31 heavy (non-hydrogen) atoms. The van der Waals surface area contributed by atoms with Gasteiger partial charge in [0.05, 0.1) is 19.3 Å². The topological polar surface area (TPSA) is 72.4 Å². The number of aliphatic imine (C=N–C) groups is 1. The van der Waals surface area contributed by atoms with E-state index in [0.29, 0.717) is 0 Å². The Labute approximate surface area is 188 Å². The van der Waals surface area contributed by atoms with Gasteiger partial charge in [0.2, 0.25) is 5.91 Å². The van der Waals surface area contributed by atoms with Crippen molar-refractivity contribution >= 4 is 11.9 Å². The fourth-order valence-corrected chi connectivity index (χ4v) is 5.48. The minimum absolute atomic E-state index is 0.0621. The highest BCUT2D eigenvalue weighted by atomic mass is 16.5. The Morgan fingerprint density at radius 3 is 2.52 bits per heavy atom. The SMILES string of the molecule is CN=C(NCCCN1CCCC1C(=O)N(C)C)NCC1(N2CCOCC2)CCCCC1. The molecule has 0 aromatic rings. The average Bonchev–Trinajstić information content (AvgIpc) is 3.27. The Morgan fingerprint density at radius 2 is 1.84 bits per heavy atom. The number of ether oxygens (including phenoxy) is 1. The zero-order valence-corrected chi connectivity index (χ0v) is 20.0. The molecule has 3 aliphatic rings. The number of hydrogen-bond donors (Lipinski definition) is 2. The predicted octanol–water partition coefficient (Wildman–Crippen LogP) is 1.13. The van der Waals surface area contributed by atoms with Crippen LogP contribution >= 0.6 is 0 Å². The molecule has 1 atom stereocenters.